The summed E-state index contributed by atoms with van der Waals surface area (Å²) >= 11 is 0. The molecule has 0 saturated heterocycles. The van der Waals surface area contributed by atoms with Crippen LogP contribution in [0.1, 0.15) is 46.5 Å². The number of aromatic nitrogens is 1. The van der Waals surface area contributed by atoms with Crippen LogP contribution in [0.2, 0.25) is 0 Å². The van der Waals surface area contributed by atoms with Crippen molar-refractivity contribution >= 4 is 16.7 Å². The second-order valence-electron chi connectivity index (χ2n) is 7.78. The Hall–Kier alpha value is -3.54. The first-order valence-electron chi connectivity index (χ1n) is 10.4. The maximum atomic E-state index is 13.1. The predicted molar refractivity (Wildman–Crippen MR) is 118 cm³/mol. The number of nitrogens with one attached hydrogen (secondary N) is 1. The molecular weight excluding hydrogens is 392 g/mol. The number of carbonyl (C=O) groups excluding carboxylic acids is 1. The van der Waals surface area contributed by atoms with Crippen LogP contribution >= 0.6 is 0 Å². The summed E-state index contributed by atoms with van der Waals surface area (Å²) in [5.41, 5.74) is 2.19. The average Bonchev–Trinajstić information content (AvgIpc) is 3.40. The van der Waals surface area contributed by atoms with Crippen molar-refractivity contribution in [3.63, 3.8) is 0 Å². The van der Waals surface area contributed by atoms with E-state index in [1.807, 2.05) is 69.3 Å². The highest BCUT2D eigenvalue weighted by atomic mass is 16.5. The van der Waals surface area contributed by atoms with Gasteiger partial charge in [-0.2, -0.15) is 0 Å². The molecule has 6 heteroatoms. The number of rotatable bonds is 8. The smallest absolute Gasteiger partial charge is 0.255 e. The Morgan fingerprint density at radius 1 is 1.13 bits per heavy atom. The Morgan fingerprint density at radius 2 is 1.90 bits per heavy atom. The fourth-order valence-electron chi connectivity index (χ4n) is 3.56. The van der Waals surface area contributed by atoms with E-state index in [-0.39, 0.29) is 18.6 Å². The van der Waals surface area contributed by atoms with Gasteiger partial charge in [-0.1, -0.05) is 29.4 Å². The molecule has 0 saturated carbocycles. The third kappa shape index (κ3) is 4.79. The van der Waals surface area contributed by atoms with Crippen molar-refractivity contribution in [1.82, 2.24) is 10.5 Å². The van der Waals surface area contributed by atoms with Crippen LogP contribution in [-0.4, -0.2) is 17.1 Å². The first kappa shape index (κ1) is 20.7. The highest BCUT2D eigenvalue weighted by molar-refractivity contribution is 6.01. The van der Waals surface area contributed by atoms with Gasteiger partial charge in [0.25, 0.3) is 5.91 Å². The molecule has 0 spiro atoms. The third-order valence-electron chi connectivity index (χ3n) is 5.43. The Morgan fingerprint density at radius 3 is 2.58 bits per heavy atom. The first-order chi connectivity index (χ1) is 15.0. The van der Waals surface area contributed by atoms with Crippen molar-refractivity contribution in [3.8, 4) is 5.75 Å². The highest BCUT2D eigenvalue weighted by Crippen LogP contribution is 2.28. The molecule has 160 valence electrons. The molecule has 2 heterocycles. The zero-order valence-electron chi connectivity index (χ0n) is 18.0. The molecule has 1 N–H and O–H groups in total. The summed E-state index contributed by atoms with van der Waals surface area (Å²) in [4.78, 5) is 13.1. The molecular formula is C25H26N2O4. The van der Waals surface area contributed by atoms with Crippen LogP contribution in [0.25, 0.3) is 10.8 Å². The summed E-state index contributed by atoms with van der Waals surface area (Å²) < 4.78 is 16.7. The number of hydrogen-bond donors (Lipinski definition) is 1. The molecule has 31 heavy (non-hydrogen) atoms. The molecule has 0 aliphatic heterocycles. The minimum atomic E-state index is -0.161. The largest absolute Gasteiger partial charge is 0.488 e. The van der Waals surface area contributed by atoms with Crippen molar-refractivity contribution in [3.05, 3.63) is 83.1 Å². The molecule has 4 rings (SSSR count). The number of fused-ring (bicyclic) bond motifs is 1. The average molecular weight is 418 g/mol. The van der Waals surface area contributed by atoms with E-state index >= 15 is 0 Å². The zero-order chi connectivity index (χ0) is 21.8. The van der Waals surface area contributed by atoms with E-state index in [9.17, 15) is 4.79 Å². The lowest BCUT2D eigenvalue weighted by atomic mass is 10.0. The topological polar surface area (TPSA) is 77.5 Å². The molecule has 2 aromatic heterocycles. The summed E-state index contributed by atoms with van der Waals surface area (Å²) in [7, 11) is 0. The number of aryl methyl sites for hydroxylation is 3. The van der Waals surface area contributed by atoms with Crippen LogP contribution in [0.5, 0.6) is 5.75 Å². The second kappa shape index (κ2) is 9.08. The minimum Gasteiger partial charge on any atom is -0.488 e. The maximum absolute atomic E-state index is 13.1. The molecule has 4 aromatic rings. The number of benzene rings is 2. The quantitative estimate of drug-likeness (QED) is 0.416. The summed E-state index contributed by atoms with van der Waals surface area (Å²) in [6, 6.07) is 15.5. The van der Waals surface area contributed by atoms with Crippen molar-refractivity contribution in [2.75, 3.05) is 0 Å². The van der Waals surface area contributed by atoms with Gasteiger partial charge >= 0.3 is 0 Å². The van der Waals surface area contributed by atoms with Gasteiger partial charge in [-0.25, -0.2) is 0 Å². The lowest BCUT2D eigenvalue weighted by Crippen LogP contribution is -2.33. The fourth-order valence-corrected chi connectivity index (χ4v) is 3.56. The second-order valence-corrected chi connectivity index (χ2v) is 7.78. The molecule has 0 fully saturated rings. The van der Waals surface area contributed by atoms with Gasteiger partial charge in [0.15, 0.2) is 0 Å². The van der Waals surface area contributed by atoms with Crippen LogP contribution in [0.3, 0.4) is 0 Å². The summed E-state index contributed by atoms with van der Waals surface area (Å²) in [6.07, 6.45) is 3.21. The molecule has 1 amide bonds. The minimum absolute atomic E-state index is 0.0144. The Kier molecular flexibility index (Phi) is 6.07. The zero-order valence-corrected chi connectivity index (χ0v) is 18.0. The van der Waals surface area contributed by atoms with E-state index in [1.54, 1.807) is 6.26 Å². The van der Waals surface area contributed by atoms with Gasteiger partial charge in [-0.3, -0.25) is 4.79 Å². The van der Waals surface area contributed by atoms with Gasteiger partial charge in [0.2, 0.25) is 0 Å². The molecule has 1 atom stereocenters. The van der Waals surface area contributed by atoms with E-state index < -0.39 is 0 Å². The normalized spacial score (nSPS) is 12.1. The molecule has 0 aliphatic rings. The van der Waals surface area contributed by atoms with Crippen molar-refractivity contribution in [1.29, 1.82) is 0 Å². The van der Waals surface area contributed by atoms with E-state index in [4.69, 9.17) is 13.7 Å². The van der Waals surface area contributed by atoms with E-state index in [1.165, 1.54) is 0 Å². The predicted octanol–water partition coefficient (Wildman–Crippen LogP) is 5.37. The molecule has 0 bridgehead atoms. The number of furan rings is 1. The highest BCUT2D eigenvalue weighted by Gasteiger charge is 2.18. The Bertz CT molecular complexity index is 1160. The summed E-state index contributed by atoms with van der Waals surface area (Å²) in [5, 5.41) is 9.06. The standard InChI is InChI=1S/C25H26N2O4/c1-16(10-11-21-9-6-12-29-21)26-25(28)22-13-19-7-4-5-8-20(19)14-24(22)30-15-23-17(2)27-31-18(23)3/h4-9,12-14,16H,10-11,15H2,1-3H3,(H,26,28). The molecule has 1 unspecified atom stereocenters. The van der Waals surface area contributed by atoms with Gasteiger partial charge in [-0.15, -0.1) is 0 Å². The lowest BCUT2D eigenvalue weighted by molar-refractivity contribution is 0.0933. The van der Waals surface area contributed by atoms with Crippen LogP contribution in [-0.2, 0) is 13.0 Å². The van der Waals surface area contributed by atoms with Crippen LogP contribution < -0.4 is 10.1 Å². The summed E-state index contributed by atoms with van der Waals surface area (Å²) in [5.74, 6) is 2.01. The van der Waals surface area contributed by atoms with Crippen LogP contribution in [0.15, 0.2) is 63.7 Å². The fraction of sp³-hybridized carbons (Fsp3) is 0.280. The van der Waals surface area contributed by atoms with Gasteiger partial charge in [0.05, 0.1) is 23.1 Å². The van der Waals surface area contributed by atoms with Gasteiger partial charge in [0.1, 0.15) is 23.9 Å². The van der Waals surface area contributed by atoms with Gasteiger partial charge in [-0.05, 0) is 62.2 Å². The molecule has 0 aliphatic carbocycles. The number of amides is 1. The van der Waals surface area contributed by atoms with Gasteiger partial charge < -0.3 is 19.0 Å². The van der Waals surface area contributed by atoms with Crippen molar-refractivity contribution < 1.29 is 18.5 Å². The van der Waals surface area contributed by atoms with Crippen LogP contribution in [0.4, 0.5) is 0 Å². The number of nitrogens with zero attached hydrogens (tertiary/aromatic N) is 1. The maximum Gasteiger partial charge on any atom is 0.255 e. The summed E-state index contributed by atoms with van der Waals surface area (Å²) in [6.45, 7) is 6.01. The Balaban J connectivity index is 1.54. The van der Waals surface area contributed by atoms with Crippen molar-refractivity contribution in [2.24, 2.45) is 0 Å². The SMILES string of the molecule is Cc1noc(C)c1COc1cc2ccccc2cc1C(=O)NC(C)CCc1ccco1. The first-order valence-corrected chi connectivity index (χ1v) is 10.4. The monoisotopic (exact) mass is 418 g/mol. The molecule has 0 radical (unpaired) electrons. The van der Waals surface area contributed by atoms with Crippen LogP contribution in [0, 0.1) is 13.8 Å². The van der Waals surface area contributed by atoms with Crippen molar-refractivity contribution in [2.45, 2.75) is 46.3 Å². The lowest BCUT2D eigenvalue weighted by Gasteiger charge is -2.17. The molecule has 2 aromatic carbocycles. The van der Waals surface area contributed by atoms with E-state index in [2.05, 4.69) is 10.5 Å². The Labute approximate surface area is 181 Å². The molecule has 6 nitrogen and oxygen atoms in total. The third-order valence-corrected chi connectivity index (χ3v) is 5.43. The number of ether oxygens (including phenoxy) is 1. The van der Waals surface area contributed by atoms with E-state index in [0.717, 1.165) is 46.4 Å². The van der Waals surface area contributed by atoms with E-state index in [0.29, 0.717) is 11.3 Å². The number of carbonyl (C=O) groups is 1. The van der Waals surface area contributed by atoms with Gasteiger partial charge in [0, 0.05) is 12.5 Å². The number of hydrogen-bond acceptors (Lipinski definition) is 5.